The van der Waals surface area contributed by atoms with Crippen molar-refractivity contribution < 1.29 is 24.5 Å². The molecule has 8 heteroatoms. The Labute approximate surface area is 132 Å². The molecule has 1 atom stereocenters. The first-order valence-electron chi connectivity index (χ1n) is 6.84. The van der Waals surface area contributed by atoms with Crippen LogP contribution in [0.25, 0.3) is 0 Å². The number of carboxylic acid groups (broad SMARTS) is 2. The van der Waals surface area contributed by atoms with Crippen LogP contribution < -0.4 is 4.74 Å². The van der Waals surface area contributed by atoms with Crippen molar-refractivity contribution in [3.8, 4) is 5.75 Å². The van der Waals surface area contributed by atoms with Gasteiger partial charge in [-0.1, -0.05) is 23.7 Å². The predicted molar refractivity (Wildman–Crippen MR) is 79.7 cm³/mol. The van der Waals surface area contributed by atoms with Gasteiger partial charge in [-0.25, -0.2) is 9.59 Å². The van der Waals surface area contributed by atoms with Crippen molar-refractivity contribution >= 4 is 23.8 Å². The standard InChI is InChI=1S/C14H17ClN2O5/c15-11-3-1-2-4-12(11)22-8-5-10-9-16(13(18)19)6-7-17(10)14(20)21/h1-4,10H,5-9H2,(H,18,19)(H,20,21)/t10-/m1/s1. The number of amides is 2. The summed E-state index contributed by atoms with van der Waals surface area (Å²) in [5, 5.41) is 18.7. The molecular weight excluding hydrogens is 312 g/mol. The van der Waals surface area contributed by atoms with E-state index in [0.717, 1.165) is 0 Å². The summed E-state index contributed by atoms with van der Waals surface area (Å²) in [7, 11) is 0. The van der Waals surface area contributed by atoms with Crippen LogP contribution in [0.1, 0.15) is 6.42 Å². The molecule has 7 nitrogen and oxygen atoms in total. The van der Waals surface area contributed by atoms with Gasteiger partial charge in [-0.2, -0.15) is 0 Å². The SMILES string of the molecule is O=C(O)N1CCN(C(=O)O)[C@H](CCOc2ccccc2Cl)C1. The molecule has 2 amide bonds. The highest BCUT2D eigenvalue weighted by Crippen LogP contribution is 2.23. The van der Waals surface area contributed by atoms with E-state index in [9.17, 15) is 14.7 Å². The molecule has 1 fully saturated rings. The summed E-state index contributed by atoms with van der Waals surface area (Å²) in [6, 6.07) is 6.57. The highest BCUT2D eigenvalue weighted by molar-refractivity contribution is 6.32. The van der Waals surface area contributed by atoms with Crippen LogP contribution in [0.15, 0.2) is 24.3 Å². The molecule has 1 saturated heterocycles. The lowest BCUT2D eigenvalue weighted by Gasteiger charge is -2.38. The van der Waals surface area contributed by atoms with Crippen molar-refractivity contribution in [2.24, 2.45) is 0 Å². The average Bonchev–Trinajstić information content (AvgIpc) is 2.48. The number of hydrogen-bond acceptors (Lipinski definition) is 3. The first-order valence-corrected chi connectivity index (χ1v) is 7.21. The van der Waals surface area contributed by atoms with E-state index in [1.807, 2.05) is 0 Å². The van der Waals surface area contributed by atoms with Gasteiger partial charge in [-0.05, 0) is 12.1 Å². The second-order valence-corrected chi connectivity index (χ2v) is 5.33. The normalized spacial score (nSPS) is 18.1. The Morgan fingerprint density at radius 1 is 1.23 bits per heavy atom. The van der Waals surface area contributed by atoms with Gasteiger partial charge in [0.1, 0.15) is 5.75 Å². The predicted octanol–water partition coefficient (Wildman–Crippen LogP) is 2.45. The molecule has 0 saturated carbocycles. The molecule has 120 valence electrons. The van der Waals surface area contributed by atoms with Crippen molar-refractivity contribution in [3.05, 3.63) is 29.3 Å². The van der Waals surface area contributed by atoms with Crippen LogP contribution in [0.3, 0.4) is 0 Å². The van der Waals surface area contributed by atoms with E-state index in [0.29, 0.717) is 17.2 Å². The third-order valence-electron chi connectivity index (χ3n) is 3.54. The molecule has 1 aromatic rings. The monoisotopic (exact) mass is 328 g/mol. The van der Waals surface area contributed by atoms with Crippen LogP contribution in [0.5, 0.6) is 5.75 Å². The molecule has 0 aromatic heterocycles. The molecule has 1 aromatic carbocycles. The van der Waals surface area contributed by atoms with E-state index in [-0.39, 0.29) is 26.2 Å². The van der Waals surface area contributed by atoms with E-state index in [1.165, 1.54) is 9.80 Å². The lowest BCUT2D eigenvalue weighted by molar-refractivity contribution is 0.0562. The second kappa shape index (κ2) is 7.22. The van der Waals surface area contributed by atoms with Crippen molar-refractivity contribution in [2.45, 2.75) is 12.5 Å². The third-order valence-corrected chi connectivity index (χ3v) is 3.86. The molecule has 1 aliphatic heterocycles. The number of rotatable bonds is 4. The van der Waals surface area contributed by atoms with E-state index < -0.39 is 18.2 Å². The first kappa shape index (κ1) is 16.2. The van der Waals surface area contributed by atoms with Gasteiger partial charge in [-0.3, -0.25) is 0 Å². The fraction of sp³-hybridized carbons (Fsp3) is 0.429. The summed E-state index contributed by atoms with van der Waals surface area (Å²) in [6.07, 6.45) is -1.70. The zero-order chi connectivity index (χ0) is 16.1. The van der Waals surface area contributed by atoms with Crippen molar-refractivity contribution in [3.63, 3.8) is 0 Å². The van der Waals surface area contributed by atoms with E-state index in [4.69, 9.17) is 21.4 Å². The van der Waals surface area contributed by atoms with Gasteiger partial charge < -0.3 is 24.7 Å². The third kappa shape index (κ3) is 3.94. The minimum Gasteiger partial charge on any atom is -0.492 e. The summed E-state index contributed by atoms with van der Waals surface area (Å²) in [5.74, 6) is 0.525. The fourth-order valence-corrected chi connectivity index (χ4v) is 2.58. The molecule has 1 aliphatic rings. The van der Waals surface area contributed by atoms with Crippen molar-refractivity contribution in [2.75, 3.05) is 26.2 Å². The minimum absolute atomic E-state index is 0.146. The van der Waals surface area contributed by atoms with Crippen molar-refractivity contribution in [1.29, 1.82) is 0 Å². The summed E-state index contributed by atoms with van der Waals surface area (Å²) < 4.78 is 5.55. The van der Waals surface area contributed by atoms with Crippen LogP contribution in [-0.2, 0) is 0 Å². The number of benzene rings is 1. The topological polar surface area (TPSA) is 90.3 Å². The lowest BCUT2D eigenvalue weighted by atomic mass is 10.1. The number of nitrogens with zero attached hydrogens (tertiary/aromatic N) is 2. The Morgan fingerprint density at radius 3 is 2.59 bits per heavy atom. The highest BCUT2D eigenvalue weighted by atomic mass is 35.5. The van der Waals surface area contributed by atoms with Gasteiger partial charge >= 0.3 is 12.2 Å². The molecule has 0 aliphatic carbocycles. The minimum atomic E-state index is -1.05. The highest BCUT2D eigenvalue weighted by Gasteiger charge is 2.32. The molecule has 2 N–H and O–H groups in total. The van der Waals surface area contributed by atoms with Crippen LogP contribution in [0, 0.1) is 0 Å². The maximum Gasteiger partial charge on any atom is 0.407 e. The van der Waals surface area contributed by atoms with Gasteiger partial charge in [0, 0.05) is 26.1 Å². The Hall–Kier alpha value is -2.15. The fourth-order valence-electron chi connectivity index (χ4n) is 2.39. The Bertz CT molecular complexity index is 554. The Balaban J connectivity index is 1.93. The van der Waals surface area contributed by atoms with E-state index in [2.05, 4.69) is 0 Å². The summed E-state index contributed by atoms with van der Waals surface area (Å²) >= 11 is 5.97. The van der Waals surface area contributed by atoms with Crippen LogP contribution in [0.4, 0.5) is 9.59 Å². The van der Waals surface area contributed by atoms with Gasteiger partial charge in [0.15, 0.2) is 0 Å². The number of ether oxygens (including phenoxy) is 1. The summed E-state index contributed by atoms with van der Waals surface area (Å²) in [4.78, 5) is 24.7. The largest absolute Gasteiger partial charge is 0.492 e. The summed E-state index contributed by atoms with van der Waals surface area (Å²) in [5.41, 5.74) is 0. The molecule has 22 heavy (non-hydrogen) atoms. The van der Waals surface area contributed by atoms with Gasteiger partial charge in [0.05, 0.1) is 17.7 Å². The Morgan fingerprint density at radius 2 is 1.95 bits per heavy atom. The number of piperazine rings is 1. The number of hydrogen-bond donors (Lipinski definition) is 2. The zero-order valence-corrected chi connectivity index (χ0v) is 12.6. The molecule has 0 radical (unpaired) electrons. The van der Waals surface area contributed by atoms with Gasteiger partial charge in [0.2, 0.25) is 0 Å². The van der Waals surface area contributed by atoms with Crippen molar-refractivity contribution in [1.82, 2.24) is 9.80 Å². The smallest absolute Gasteiger partial charge is 0.407 e. The first-order chi connectivity index (χ1) is 10.5. The number of carbonyl (C=O) groups is 2. The van der Waals surface area contributed by atoms with Crippen LogP contribution in [0.2, 0.25) is 5.02 Å². The van der Waals surface area contributed by atoms with E-state index in [1.54, 1.807) is 24.3 Å². The second-order valence-electron chi connectivity index (χ2n) is 4.93. The van der Waals surface area contributed by atoms with Gasteiger partial charge in [0.25, 0.3) is 0 Å². The molecule has 0 bridgehead atoms. The molecule has 0 unspecified atom stereocenters. The Kier molecular flexibility index (Phi) is 5.32. The zero-order valence-electron chi connectivity index (χ0n) is 11.8. The van der Waals surface area contributed by atoms with Crippen LogP contribution in [-0.4, -0.2) is 64.5 Å². The van der Waals surface area contributed by atoms with E-state index >= 15 is 0 Å². The number of halogens is 1. The molecular formula is C14H17ClN2O5. The summed E-state index contributed by atoms with van der Waals surface area (Å²) in [6.45, 7) is 0.751. The number of para-hydroxylation sites is 1. The maximum absolute atomic E-state index is 11.2. The quantitative estimate of drug-likeness (QED) is 0.886. The van der Waals surface area contributed by atoms with Crippen LogP contribution >= 0.6 is 11.6 Å². The molecule has 2 rings (SSSR count). The lowest BCUT2D eigenvalue weighted by Crippen LogP contribution is -2.56. The maximum atomic E-state index is 11.2. The average molecular weight is 329 g/mol. The van der Waals surface area contributed by atoms with Gasteiger partial charge in [-0.15, -0.1) is 0 Å². The molecule has 0 spiro atoms. The molecule has 1 heterocycles.